The molecule has 2 rings (SSSR count). The minimum atomic E-state index is -0.112. The summed E-state index contributed by atoms with van der Waals surface area (Å²) in [4.78, 5) is 0. The van der Waals surface area contributed by atoms with E-state index in [1.807, 2.05) is 6.07 Å². The van der Waals surface area contributed by atoms with E-state index in [1.165, 1.54) is 20.0 Å². The molecule has 0 aliphatic heterocycles. The van der Waals surface area contributed by atoms with E-state index in [2.05, 4.69) is 15.9 Å². The molecule has 1 atom stereocenters. The number of methoxy groups -OCH3 is 1. The molecule has 0 saturated heterocycles. The second-order valence-electron chi connectivity index (χ2n) is 4.33. The molecule has 1 fully saturated rings. The third kappa shape index (κ3) is 2.50. The smallest absolute Gasteiger partial charge is 0.162 e. The second-order valence-corrected chi connectivity index (χ2v) is 5.25. The lowest BCUT2D eigenvalue weighted by Crippen LogP contribution is -2.11. The summed E-state index contributed by atoms with van der Waals surface area (Å²) in [7, 11) is 1.54. The van der Waals surface area contributed by atoms with Crippen molar-refractivity contribution in [2.75, 3.05) is 7.11 Å². The molecular formula is C12H16BrNO2. The van der Waals surface area contributed by atoms with Crippen LogP contribution in [0.2, 0.25) is 0 Å². The molecule has 3 nitrogen and oxygen atoms in total. The number of nitrogens with two attached hydrogens (primary N) is 1. The first-order valence-electron chi connectivity index (χ1n) is 5.43. The maximum absolute atomic E-state index is 9.99. The van der Waals surface area contributed by atoms with Crippen LogP contribution in [0, 0.1) is 5.92 Å². The number of benzene rings is 1. The number of halogens is 1. The van der Waals surface area contributed by atoms with Gasteiger partial charge in [0.05, 0.1) is 7.11 Å². The van der Waals surface area contributed by atoms with E-state index in [1.54, 1.807) is 6.07 Å². The van der Waals surface area contributed by atoms with Crippen LogP contribution in [-0.4, -0.2) is 12.2 Å². The molecule has 4 heteroatoms. The molecule has 3 N–H and O–H groups in total. The van der Waals surface area contributed by atoms with Crippen molar-refractivity contribution in [2.45, 2.75) is 25.3 Å². The molecule has 0 aromatic heterocycles. The van der Waals surface area contributed by atoms with E-state index >= 15 is 0 Å². The quantitative estimate of drug-likeness (QED) is 0.894. The predicted molar refractivity (Wildman–Crippen MR) is 66.6 cm³/mol. The summed E-state index contributed by atoms with van der Waals surface area (Å²) in [5, 5.41) is 9.99. The van der Waals surface area contributed by atoms with Crippen molar-refractivity contribution in [1.82, 2.24) is 0 Å². The van der Waals surface area contributed by atoms with Gasteiger partial charge in [-0.1, -0.05) is 28.8 Å². The molecule has 1 aromatic rings. The van der Waals surface area contributed by atoms with Gasteiger partial charge in [-0.2, -0.15) is 0 Å². The van der Waals surface area contributed by atoms with Gasteiger partial charge in [0.2, 0.25) is 0 Å². The molecule has 16 heavy (non-hydrogen) atoms. The summed E-state index contributed by atoms with van der Waals surface area (Å²) >= 11 is 3.39. The molecule has 0 bridgehead atoms. The lowest BCUT2D eigenvalue weighted by atomic mass is 10.0. The normalized spacial score (nSPS) is 17.2. The van der Waals surface area contributed by atoms with Crippen molar-refractivity contribution in [3.63, 3.8) is 0 Å². The zero-order chi connectivity index (χ0) is 11.7. The minimum Gasteiger partial charge on any atom is -0.504 e. The maximum atomic E-state index is 9.99. The van der Waals surface area contributed by atoms with E-state index < -0.39 is 0 Å². The number of rotatable bonds is 4. The van der Waals surface area contributed by atoms with E-state index in [0.717, 1.165) is 22.4 Å². The van der Waals surface area contributed by atoms with Crippen LogP contribution in [0.5, 0.6) is 11.5 Å². The lowest BCUT2D eigenvalue weighted by Gasteiger charge is -2.15. The third-order valence-electron chi connectivity index (χ3n) is 2.97. The molecule has 1 aliphatic carbocycles. The van der Waals surface area contributed by atoms with Crippen LogP contribution < -0.4 is 10.5 Å². The Hall–Kier alpha value is -0.740. The van der Waals surface area contributed by atoms with Gasteiger partial charge in [0.15, 0.2) is 11.5 Å². The summed E-state index contributed by atoms with van der Waals surface area (Å²) in [6.45, 7) is 0. The van der Waals surface area contributed by atoms with Crippen molar-refractivity contribution < 1.29 is 9.84 Å². The zero-order valence-corrected chi connectivity index (χ0v) is 10.8. The van der Waals surface area contributed by atoms with Crippen molar-refractivity contribution in [3.8, 4) is 11.5 Å². The lowest BCUT2D eigenvalue weighted by molar-refractivity contribution is 0.367. The van der Waals surface area contributed by atoms with Crippen LogP contribution >= 0.6 is 15.9 Å². The Kier molecular flexibility index (Phi) is 3.40. The van der Waals surface area contributed by atoms with Gasteiger partial charge in [0.1, 0.15) is 0 Å². The highest BCUT2D eigenvalue weighted by Gasteiger charge is 2.26. The average Bonchev–Trinajstić information content (AvgIpc) is 3.04. The first-order chi connectivity index (χ1) is 7.61. The monoisotopic (exact) mass is 285 g/mol. The first-order valence-corrected chi connectivity index (χ1v) is 6.23. The van der Waals surface area contributed by atoms with Crippen LogP contribution in [0.4, 0.5) is 0 Å². The summed E-state index contributed by atoms with van der Waals surface area (Å²) in [5.41, 5.74) is 6.86. The van der Waals surface area contributed by atoms with Crippen LogP contribution in [0.3, 0.4) is 0 Å². The van der Waals surface area contributed by atoms with Crippen molar-refractivity contribution >= 4 is 15.9 Å². The average molecular weight is 286 g/mol. The second kappa shape index (κ2) is 4.63. The Balaban J connectivity index is 2.26. The summed E-state index contributed by atoms with van der Waals surface area (Å²) < 4.78 is 5.98. The number of hydrogen-bond donors (Lipinski definition) is 2. The Morgan fingerprint density at radius 1 is 1.56 bits per heavy atom. The fraction of sp³-hybridized carbons (Fsp3) is 0.500. The van der Waals surface area contributed by atoms with Gasteiger partial charge in [0.25, 0.3) is 0 Å². The van der Waals surface area contributed by atoms with Crippen LogP contribution in [0.25, 0.3) is 0 Å². The number of ether oxygens (including phenoxy) is 1. The summed E-state index contributed by atoms with van der Waals surface area (Å²) in [6.07, 6.45) is 3.46. The van der Waals surface area contributed by atoms with Gasteiger partial charge >= 0.3 is 0 Å². The van der Waals surface area contributed by atoms with E-state index in [-0.39, 0.29) is 11.8 Å². The Bertz CT molecular complexity index is 391. The Morgan fingerprint density at radius 3 is 2.81 bits per heavy atom. The van der Waals surface area contributed by atoms with Crippen molar-refractivity contribution in [2.24, 2.45) is 11.7 Å². The molecule has 0 amide bonds. The first kappa shape index (κ1) is 11.7. The van der Waals surface area contributed by atoms with Gasteiger partial charge in [0, 0.05) is 16.1 Å². The third-order valence-corrected chi connectivity index (χ3v) is 3.43. The van der Waals surface area contributed by atoms with E-state index in [0.29, 0.717) is 5.75 Å². The molecule has 0 heterocycles. The SMILES string of the molecule is COc1cc(Br)cc([C@@H](N)CC2CC2)c1O. The summed E-state index contributed by atoms with van der Waals surface area (Å²) in [5.74, 6) is 1.37. The van der Waals surface area contributed by atoms with Crippen LogP contribution in [0.15, 0.2) is 16.6 Å². The molecule has 1 aliphatic rings. The highest BCUT2D eigenvalue weighted by Crippen LogP contribution is 2.42. The van der Waals surface area contributed by atoms with Crippen molar-refractivity contribution in [3.05, 3.63) is 22.2 Å². The maximum Gasteiger partial charge on any atom is 0.162 e. The van der Waals surface area contributed by atoms with Gasteiger partial charge < -0.3 is 15.6 Å². The number of phenols is 1. The molecule has 0 radical (unpaired) electrons. The van der Waals surface area contributed by atoms with Gasteiger partial charge in [-0.15, -0.1) is 0 Å². The van der Waals surface area contributed by atoms with Crippen molar-refractivity contribution in [1.29, 1.82) is 0 Å². The highest BCUT2D eigenvalue weighted by atomic mass is 79.9. The topological polar surface area (TPSA) is 55.5 Å². The molecule has 88 valence electrons. The Labute approximate surface area is 104 Å². The summed E-state index contributed by atoms with van der Waals surface area (Å²) in [6, 6.07) is 3.49. The van der Waals surface area contributed by atoms with Gasteiger partial charge in [-0.25, -0.2) is 0 Å². The fourth-order valence-corrected chi connectivity index (χ4v) is 2.33. The van der Waals surface area contributed by atoms with Crippen LogP contribution in [0.1, 0.15) is 30.9 Å². The number of aromatic hydroxyl groups is 1. The zero-order valence-electron chi connectivity index (χ0n) is 9.24. The van der Waals surface area contributed by atoms with Gasteiger partial charge in [-0.05, 0) is 24.5 Å². The molecule has 0 spiro atoms. The Morgan fingerprint density at radius 2 is 2.25 bits per heavy atom. The van der Waals surface area contributed by atoms with E-state index in [9.17, 15) is 5.11 Å². The highest BCUT2D eigenvalue weighted by molar-refractivity contribution is 9.10. The molecule has 1 saturated carbocycles. The predicted octanol–water partition coefficient (Wildman–Crippen LogP) is 2.96. The van der Waals surface area contributed by atoms with Gasteiger partial charge in [-0.3, -0.25) is 0 Å². The number of hydrogen-bond acceptors (Lipinski definition) is 3. The fourth-order valence-electron chi connectivity index (χ4n) is 1.87. The molecular weight excluding hydrogens is 270 g/mol. The molecule has 0 unspecified atom stereocenters. The molecule has 1 aromatic carbocycles. The standard InChI is InChI=1S/C12H16BrNO2/c1-16-11-6-8(13)5-9(12(11)15)10(14)4-7-2-3-7/h5-7,10,15H,2-4,14H2,1H3/t10-/m0/s1. The number of phenolic OH excluding ortho intramolecular Hbond substituents is 1. The minimum absolute atomic E-state index is 0.112. The van der Waals surface area contributed by atoms with E-state index in [4.69, 9.17) is 10.5 Å². The largest absolute Gasteiger partial charge is 0.504 e. The van der Waals surface area contributed by atoms with Crippen LogP contribution in [-0.2, 0) is 0 Å².